The molecule has 0 radical (unpaired) electrons. The van der Waals surface area contributed by atoms with E-state index in [9.17, 15) is 5.11 Å². The Kier molecular flexibility index (Phi) is 10.2. The van der Waals surface area contributed by atoms with Crippen molar-refractivity contribution in [3.8, 4) is 11.5 Å². The van der Waals surface area contributed by atoms with Crippen LogP contribution in [0.2, 0.25) is 0 Å². The van der Waals surface area contributed by atoms with E-state index in [-0.39, 0.29) is 6.61 Å². The van der Waals surface area contributed by atoms with E-state index >= 15 is 0 Å². The second-order valence-corrected chi connectivity index (χ2v) is 8.43. The number of benzene rings is 2. The summed E-state index contributed by atoms with van der Waals surface area (Å²) in [7, 11) is 1.66. The molecule has 2 N–H and O–H groups in total. The van der Waals surface area contributed by atoms with Crippen molar-refractivity contribution >= 4 is 0 Å². The molecule has 1 aliphatic rings. The summed E-state index contributed by atoms with van der Waals surface area (Å²) in [6, 6.07) is 16.5. The van der Waals surface area contributed by atoms with Crippen LogP contribution in [0.25, 0.3) is 0 Å². The summed E-state index contributed by atoms with van der Waals surface area (Å²) in [5.74, 6) is 1.39. The third-order valence-electron chi connectivity index (χ3n) is 5.84. The zero-order valence-corrected chi connectivity index (χ0v) is 18.9. The lowest BCUT2D eigenvalue weighted by Gasteiger charge is -2.26. The van der Waals surface area contributed by atoms with Gasteiger partial charge in [0.05, 0.1) is 7.11 Å². The average molecular weight is 427 g/mol. The molecule has 5 nitrogen and oxygen atoms in total. The highest BCUT2D eigenvalue weighted by Crippen LogP contribution is 2.28. The number of hydrogen-bond acceptors (Lipinski definition) is 5. The van der Waals surface area contributed by atoms with Crippen molar-refractivity contribution in [2.24, 2.45) is 0 Å². The number of ether oxygens (including phenoxy) is 2. The normalized spacial score (nSPS) is 16.3. The van der Waals surface area contributed by atoms with Gasteiger partial charge in [-0.2, -0.15) is 0 Å². The lowest BCUT2D eigenvalue weighted by atomic mass is 10.1. The van der Waals surface area contributed by atoms with E-state index in [1.807, 2.05) is 18.2 Å². The highest BCUT2D eigenvalue weighted by molar-refractivity contribution is 5.43. The van der Waals surface area contributed by atoms with Gasteiger partial charge in [0.25, 0.3) is 0 Å². The number of nitrogens with one attached hydrogen (secondary N) is 1. The number of aliphatic hydroxyl groups is 1. The van der Waals surface area contributed by atoms with Crippen LogP contribution >= 0.6 is 0 Å². The van der Waals surface area contributed by atoms with E-state index in [1.165, 1.54) is 37.7 Å². The third-order valence-corrected chi connectivity index (χ3v) is 5.84. The first-order chi connectivity index (χ1) is 15.2. The van der Waals surface area contributed by atoms with Crippen LogP contribution in [-0.4, -0.2) is 56.0 Å². The fourth-order valence-corrected chi connectivity index (χ4v) is 4.08. The molecule has 1 aliphatic heterocycles. The molecule has 2 aromatic rings. The molecule has 170 valence electrons. The van der Waals surface area contributed by atoms with Gasteiger partial charge in [-0.1, -0.05) is 55.7 Å². The Bertz CT molecular complexity index is 746. The van der Waals surface area contributed by atoms with E-state index in [2.05, 4.69) is 40.5 Å². The number of likely N-dealkylation sites (tertiary alicyclic amines) is 1. The standard InChI is InChI=1S/C26H38N2O3/c1-30-26-18-23(19-27-15-14-22-10-6-5-7-11-22)12-13-25(26)31-21-24(29)20-28-16-8-3-2-4-9-17-28/h5-7,10-13,18,24,27,29H,2-4,8-9,14-17,19-21H2,1H3. The molecule has 0 amide bonds. The van der Waals surface area contributed by atoms with Crippen LogP contribution in [0.15, 0.2) is 48.5 Å². The van der Waals surface area contributed by atoms with Gasteiger partial charge in [0, 0.05) is 13.1 Å². The lowest BCUT2D eigenvalue weighted by Crippen LogP contribution is -2.37. The Morgan fingerprint density at radius 1 is 0.935 bits per heavy atom. The molecule has 0 aliphatic carbocycles. The van der Waals surface area contributed by atoms with Crippen molar-refractivity contribution in [1.29, 1.82) is 0 Å². The molecular weight excluding hydrogens is 388 g/mol. The monoisotopic (exact) mass is 426 g/mol. The number of rotatable bonds is 11. The van der Waals surface area contributed by atoms with Crippen molar-refractivity contribution in [2.45, 2.75) is 51.2 Å². The molecule has 3 rings (SSSR count). The van der Waals surface area contributed by atoms with Crippen molar-refractivity contribution in [1.82, 2.24) is 10.2 Å². The van der Waals surface area contributed by atoms with Crippen LogP contribution in [0.1, 0.15) is 43.2 Å². The van der Waals surface area contributed by atoms with E-state index in [1.54, 1.807) is 7.11 Å². The molecular formula is C26H38N2O3. The molecule has 1 saturated heterocycles. The SMILES string of the molecule is COc1cc(CNCCc2ccccc2)ccc1OCC(O)CN1CCCCCCC1. The van der Waals surface area contributed by atoms with E-state index in [0.29, 0.717) is 18.0 Å². The minimum atomic E-state index is -0.497. The number of nitrogens with zero attached hydrogens (tertiary/aromatic N) is 1. The molecule has 0 bridgehead atoms. The maximum Gasteiger partial charge on any atom is 0.161 e. The highest BCUT2D eigenvalue weighted by Gasteiger charge is 2.15. The number of methoxy groups -OCH3 is 1. The minimum absolute atomic E-state index is 0.279. The van der Waals surface area contributed by atoms with Gasteiger partial charge in [0.2, 0.25) is 0 Å². The summed E-state index contributed by atoms with van der Waals surface area (Å²) in [5, 5.41) is 13.9. The quantitative estimate of drug-likeness (QED) is 0.531. The van der Waals surface area contributed by atoms with E-state index in [4.69, 9.17) is 9.47 Å². The predicted octanol–water partition coefficient (Wildman–Crippen LogP) is 4.03. The van der Waals surface area contributed by atoms with E-state index < -0.39 is 6.10 Å². The topological polar surface area (TPSA) is 54.0 Å². The molecule has 1 heterocycles. The predicted molar refractivity (Wildman–Crippen MR) is 126 cm³/mol. The first kappa shape index (κ1) is 23.6. The van der Waals surface area contributed by atoms with Gasteiger partial charge in [-0.05, 0) is 62.2 Å². The first-order valence-corrected chi connectivity index (χ1v) is 11.7. The van der Waals surface area contributed by atoms with Gasteiger partial charge >= 0.3 is 0 Å². The van der Waals surface area contributed by atoms with Crippen molar-refractivity contribution in [3.05, 3.63) is 59.7 Å². The third kappa shape index (κ3) is 8.52. The molecule has 31 heavy (non-hydrogen) atoms. The maximum absolute atomic E-state index is 10.5. The van der Waals surface area contributed by atoms with Crippen LogP contribution in [-0.2, 0) is 13.0 Å². The maximum atomic E-state index is 10.5. The smallest absolute Gasteiger partial charge is 0.161 e. The summed E-state index contributed by atoms with van der Waals surface area (Å²) in [6.07, 6.45) is 6.90. The number of aliphatic hydroxyl groups excluding tert-OH is 1. The van der Waals surface area contributed by atoms with Crippen molar-refractivity contribution in [3.63, 3.8) is 0 Å². The van der Waals surface area contributed by atoms with E-state index in [0.717, 1.165) is 38.2 Å². The zero-order chi connectivity index (χ0) is 21.7. The van der Waals surface area contributed by atoms with Gasteiger partial charge in [0.1, 0.15) is 12.7 Å². The summed E-state index contributed by atoms with van der Waals surface area (Å²) in [4.78, 5) is 2.37. The molecule has 2 aromatic carbocycles. The number of hydrogen-bond donors (Lipinski definition) is 2. The Morgan fingerprint density at radius 3 is 2.42 bits per heavy atom. The minimum Gasteiger partial charge on any atom is -0.493 e. The summed E-state index contributed by atoms with van der Waals surface area (Å²) < 4.78 is 11.4. The van der Waals surface area contributed by atoms with Crippen LogP contribution in [0, 0.1) is 0 Å². The number of β-amino-alcohol motifs (C(OH)–C–C–N with tert-alkyl or cyclic N) is 1. The zero-order valence-electron chi connectivity index (χ0n) is 18.9. The molecule has 0 saturated carbocycles. The largest absolute Gasteiger partial charge is 0.493 e. The van der Waals surface area contributed by atoms with Crippen LogP contribution in [0.5, 0.6) is 11.5 Å². The average Bonchev–Trinajstić information content (AvgIpc) is 2.78. The Hall–Kier alpha value is -2.08. The molecule has 1 fully saturated rings. The van der Waals surface area contributed by atoms with Crippen LogP contribution in [0.4, 0.5) is 0 Å². The molecule has 5 heteroatoms. The van der Waals surface area contributed by atoms with Gasteiger partial charge in [-0.25, -0.2) is 0 Å². The van der Waals surface area contributed by atoms with Gasteiger partial charge in [0.15, 0.2) is 11.5 Å². The lowest BCUT2D eigenvalue weighted by molar-refractivity contribution is 0.0645. The Balaban J connectivity index is 1.42. The molecule has 0 aromatic heterocycles. The summed E-state index contributed by atoms with van der Waals surface area (Å²) in [6.45, 7) is 4.81. The summed E-state index contributed by atoms with van der Waals surface area (Å²) >= 11 is 0. The van der Waals surface area contributed by atoms with Crippen LogP contribution in [0.3, 0.4) is 0 Å². The van der Waals surface area contributed by atoms with Gasteiger partial charge in [-0.3, -0.25) is 0 Å². The molecule has 1 unspecified atom stereocenters. The van der Waals surface area contributed by atoms with Crippen LogP contribution < -0.4 is 14.8 Å². The molecule has 1 atom stereocenters. The second kappa shape index (κ2) is 13.4. The highest BCUT2D eigenvalue weighted by atomic mass is 16.5. The van der Waals surface area contributed by atoms with Gasteiger partial charge in [-0.15, -0.1) is 0 Å². The van der Waals surface area contributed by atoms with Gasteiger partial charge < -0.3 is 24.8 Å². The Morgan fingerprint density at radius 2 is 1.68 bits per heavy atom. The summed E-state index contributed by atoms with van der Waals surface area (Å²) in [5.41, 5.74) is 2.49. The van der Waals surface area contributed by atoms with Crippen molar-refractivity contribution in [2.75, 3.05) is 39.9 Å². The fraction of sp³-hybridized carbons (Fsp3) is 0.538. The second-order valence-electron chi connectivity index (χ2n) is 8.43. The Labute approximate surface area is 187 Å². The van der Waals surface area contributed by atoms with Crippen molar-refractivity contribution < 1.29 is 14.6 Å². The first-order valence-electron chi connectivity index (χ1n) is 11.7. The fourth-order valence-electron chi connectivity index (χ4n) is 4.08. The molecule has 0 spiro atoms.